The Morgan fingerprint density at radius 1 is 1.11 bits per heavy atom. The predicted molar refractivity (Wildman–Crippen MR) is 117 cm³/mol. The number of nitrogens with one attached hydrogen (secondary N) is 1. The molecule has 5 nitrogen and oxygen atoms in total. The summed E-state index contributed by atoms with van der Waals surface area (Å²) in [5.74, 6) is 0.965. The number of hydrogen-bond donors (Lipinski definition) is 1. The Morgan fingerprint density at radius 2 is 1.89 bits per heavy atom. The maximum absolute atomic E-state index is 6.43. The van der Waals surface area contributed by atoms with Crippen LogP contribution in [0.1, 0.15) is 32.1 Å². The minimum atomic E-state index is 0.448. The number of anilines is 1. The molecule has 1 aromatic carbocycles. The third-order valence-electron chi connectivity index (χ3n) is 6.05. The molecular weight excluding hydrogens is 438 g/mol. The van der Waals surface area contributed by atoms with E-state index in [1.807, 2.05) is 28.8 Å². The summed E-state index contributed by atoms with van der Waals surface area (Å²) in [5, 5.41) is 8.94. The molecule has 0 bridgehead atoms. The summed E-state index contributed by atoms with van der Waals surface area (Å²) >= 11 is 10.0. The molecule has 146 valence electrons. The Morgan fingerprint density at radius 3 is 2.61 bits per heavy atom. The fourth-order valence-electron chi connectivity index (χ4n) is 4.22. The molecule has 1 saturated carbocycles. The molecule has 2 aromatic heterocycles. The van der Waals surface area contributed by atoms with E-state index >= 15 is 0 Å². The first-order valence-electron chi connectivity index (χ1n) is 9.99. The number of piperidine rings is 1. The highest BCUT2D eigenvalue weighted by molar-refractivity contribution is 9.10. The third kappa shape index (κ3) is 3.42. The maximum Gasteiger partial charge on any atom is 0.172 e. The van der Waals surface area contributed by atoms with E-state index in [2.05, 4.69) is 37.3 Å². The van der Waals surface area contributed by atoms with Crippen molar-refractivity contribution in [2.24, 2.45) is 0 Å². The normalized spacial score (nSPS) is 19.1. The van der Waals surface area contributed by atoms with Crippen LogP contribution in [0.15, 0.2) is 41.0 Å². The van der Waals surface area contributed by atoms with Crippen molar-refractivity contribution in [1.82, 2.24) is 19.5 Å². The lowest BCUT2D eigenvalue weighted by Crippen LogP contribution is -2.47. The number of nitrogens with zero attached hydrogens (tertiary/aromatic N) is 4. The molecular formula is C21H23BrClN5. The van der Waals surface area contributed by atoms with Crippen molar-refractivity contribution in [2.45, 2.75) is 44.2 Å². The Bertz CT molecular complexity index is 992. The van der Waals surface area contributed by atoms with Crippen LogP contribution in [-0.2, 0) is 0 Å². The van der Waals surface area contributed by atoms with Gasteiger partial charge in [-0.15, -0.1) is 0 Å². The molecule has 3 aromatic rings. The SMILES string of the molecule is Clc1ccccc1-c1cc(NC2CCN(C3CCC3)CC2)n2ncc(Br)c2n1. The Labute approximate surface area is 178 Å². The van der Waals surface area contributed by atoms with Gasteiger partial charge in [-0.05, 0) is 47.7 Å². The van der Waals surface area contributed by atoms with Gasteiger partial charge in [-0.1, -0.05) is 36.2 Å². The lowest BCUT2D eigenvalue weighted by atomic mass is 9.89. The highest BCUT2D eigenvalue weighted by Crippen LogP contribution is 2.32. The molecule has 0 spiro atoms. The van der Waals surface area contributed by atoms with Gasteiger partial charge in [0.15, 0.2) is 5.65 Å². The first-order chi connectivity index (χ1) is 13.7. The molecule has 0 atom stereocenters. The second-order valence-electron chi connectivity index (χ2n) is 7.77. The first-order valence-corrected chi connectivity index (χ1v) is 11.2. The zero-order valence-corrected chi connectivity index (χ0v) is 18.0. The monoisotopic (exact) mass is 459 g/mol. The highest BCUT2D eigenvalue weighted by atomic mass is 79.9. The van der Waals surface area contributed by atoms with Gasteiger partial charge in [-0.25, -0.2) is 4.98 Å². The summed E-state index contributed by atoms with van der Waals surface area (Å²) < 4.78 is 2.76. The topological polar surface area (TPSA) is 45.5 Å². The number of fused-ring (bicyclic) bond motifs is 1. The molecule has 2 aliphatic rings. The van der Waals surface area contributed by atoms with Gasteiger partial charge in [-0.2, -0.15) is 9.61 Å². The second-order valence-corrected chi connectivity index (χ2v) is 9.04. The zero-order valence-electron chi connectivity index (χ0n) is 15.6. The average Bonchev–Trinajstić information content (AvgIpc) is 3.04. The molecule has 7 heteroatoms. The second kappa shape index (κ2) is 7.65. The summed E-state index contributed by atoms with van der Waals surface area (Å²) in [6, 6.07) is 11.2. The molecule has 5 rings (SSSR count). The minimum absolute atomic E-state index is 0.448. The third-order valence-corrected chi connectivity index (χ3v) is 6.94. The van der Waals surface area contributed by atoms with Crippen molar-refractivity contribution in [3.8, 4) is 11.3 Å². The zero-order chi connectivity index (χ0) is 19.1. The van der Waals surface area contributed by atoms with Crippen LogP contribution in [0.25, 0.3) is 16.9 Å². The van der Waals surface area contributed by atoms with Crippen LogP contribution in [0.4, 0.5) is 5.82 Å². The molecule has 2 fully saturated rings. The van der Waals surface area contributed by atoms with Gasteiger partial charge in [0.1, 0.15) is 5.82 Å². The maximum atomic E-state index is 6.43. The fourth-order valence-corrected chi connectivity index (χ4v) is 4.80. The van der Waals surface area contributed by atoms with E-state index < -0.39 is 0 Å². The van der Waals surface area contributed by atoms with E-state index in [9.17, 15) is 0 Å². The van der Waals surface area contributed by atoms with Crippen molar-refractivity contribution in [2.75, 3.05) is 18.4 Å². The van der Waals surface area contributed by atoms with Crippen molar-refractivity contribution in [3.05, 3.63) is 46.0 Å². The fraction of sp³-hybridized carbons (Fsp3) is 0.429. The van der Waals surface area contributed by atoms with Crippen molar-refractivity contribution >= 4 is 39.0 Å². The van der Waals surface area contributed by atoms with Crippen LogP contribution in [0.3, 0.4) is 0 Å². The first kappa shape index (κ1) is 18.4. The summed E-state index contributed by atoms with van der Waals surface area (Å²) in [7, 11) is 0. The number of benzene rings is 1. The van der Waals surface area contributed by atoms with Crippen molar-refractivity contribution in [1.29, 1.82) is 0 Å². The summed E-state index contributed by atoms with van der Waals surface area (Å²) in [6.45, 7) is 2.35. The van der Waals surface area contributed by atoms with E-state index in [1.54, 1.807) is 6.20 Å². The number of halogens is 2. The molecule has 1 N–H and O–H groups in total. The Balaban J connectivity index is 1.43. The quantitative estimate of drug-likeness (QED) is 0.578. The van der Waals surface area contributed by atoms with Crippen molar-refractivity contribution < 1.29 is 0 Å². The highest BCUT2D eigenvalue weighted by Gasteiger charge is 2.29. The number of hydrogen-bond acceptors (Lipinski definition) is 4. The lowest BCUT2D eigenvalue weighted by molar-refractivity contribution is 0.101. The van der Waals surface area contributed by atoms with E-state index in [-0.39, 0.29) is 0 Å². The average molecular weight is 461 g/mol. The summed E-state index contributed by atoms with van der Waals surface area (Å²) in [5.41, 5.74) is 2.59. The van der Waals surface area contributed by atoms with Gasteiger partial charge >= 0.3 is 0 Å². The Kier molecular flexibility index (Phi) is 5.03. The van der Waals surface area contributed by atoms with Gasteiger partial charge < -0.3 is 10.2 Å². The lowest BCUT2D eigenvalue weighted by Gasteiger charge is -2.42. The standard InChI is InChI=1S/C21H23BrClN5/c22-17-13-24-28-20(25-14-8-10-27(11-9-14)15-4-3-5-15)12-19(26-21(17)28)16-6-1-2-7-18(16)23/h1-2,6-7,12-15,25H,3-5,8-11H2. The Hall–Kier alpha value is -1.63. The van der Waals surface area contributed by atoms with Crippen LogP contribution >= 0.6 is 27.5 Å². The number of aromatic nitrogens is 3. The van der Waals surface area contributed by atoms with E-state index in [4.69, 9.17) is 16.6 Å². The van der Waals surface area contributed by atoms with E-state index in [0.717, 1.165) is 46.1 Å². The molecule has 3 heterocycles. The summed E-state index contributed by atoms with van der Waals surface area (Å²) in [6.07, 6.45) is 8.27. The van der Waals surface area contributed by atoms with Crippen LogP contribution < -0.4 is 5.32 Å². The van der Waals surface area contributed by atoms with Crippen LogP contribution in [-0.4, -0.2) is 44.7 Å². The minimum Gasteiger partial charge on any atom is -0.367 e. The van der Waals surface area contributed by atoms with Crippen LogP contribution in [0.2, 0.25) is 5.02 Å². The smallest absolute Gasteiger partial charge is 0.172 e. The predicted octanol–water partition coefficient (Wildman–Crippen LogP) is 5.24. The molecule has 28 heavy (non-hydrogen) atoms. The van der Waals surface area contributed by atoms with Gasteiger partial charge in [-0.3, -0.25) is 0 Å². The summed E-state index contributed by atoms with van der Waals surface area (Å²) in [4.78, 5) is 7.46. The largest absolute Gasteiger partial charge is 0.367 e. The van der Waals surface area contributed by atoms with E-state index in [0.29, 0.717) is 11.1 Å². The molecule has 1 aliphatic heterocycles. The molecule has 1 aliphatic carbocycles. The van der Waals surface area contributed by atoms with Gasteiger partial charge in [0, 0.05) is 41.8 Å². The molecule has 1 saturated heterocycles. The van der Waals surface area contributed by atoms with Gasteiger partial charge in [0.05, 0.1) is 16.4 Å². The van der Waals surface area contributed by atoms with Crippen molar-refractivity contribution in [3.63, 3.8) is 0 Å². The number of rotatable bonds is 4. The van der Waals surface area contributed by atoms with E-state index in [1.165, 1.54) is 32.4 Å². The number of likely N-dealkylation sites (tertiary alicyclic amines) is 1. The molecule has 0 radical (unpaired) electrons. The molecule has 0 unspecified atom stereocenters. The van der Waals surface area contributed by atoms with Crippen LogP contribution in [0.5, 0.6) is 0 Å². The van der Waals surface area contributed by atoms with Gasteiger partial charge in [0.2, 0.25) is 0 Å². The molecule has 0 amide bonds. The van der Waals surface area contributed by atoms with Crippen LogP contribution in [0, 0.1) is 0 Å². The van der Waals surface area contributed by atoms with Gasteiger partial charge in [0.25, 0.3) is 0 Å².